The average Bonchev–Trinajstić information content (AvgIpc) is 2.72. The minimum absolute atomic E-state index is 0.148. The van der Waals surface area contributed by atoms with Gasteiger partial charge in [0.05, 0.1) is 5.56 Å². The molecule has 0 aliphatic heterocycles. The largest absolute Gasteiger partial charge is 0.398 e. The summed E-state index contributed by atoms with van der Waals surface area (Å²) < 4.78 is 12.9. The van der Waals surface area contributed by atoms with Crippen LogP contribution >= 0.6 is 11.3 Å². The van der Waals surface area contributed by atoms with Crippen molar-refractivity contribution in [2.45, 2.75) is 13.5 Å². The Morgan fingerprint density at radius 2 is 2.22 bits per heavy atom. The zero-order valence-electron chi connectivity index (χ0n) is 9.87. The Morgan fingerprint density at radius 3 is 2.83 bits per heavy atom. The van der Waals surface area contributed by atoms with Crippen LogP contribution in [0.3, 0.4) is 0 Å². The first kappa shape index (κ1) is 12.6. The van der Waals surface area contributed by atoms with E-state index in [1.807, 2.05) is 17.7 Å². The molecule has 0 saturated heterocycles. The molecule has 18 heavy (non-hydrogen) atoms. The topological polar surface area (TPSA) is 55.1 Å². The molecule has 2 rings (SSSR count). The van der Waals surface area contributed by atoms with Crippen LogP contribution in [0.1, 0.15) is 21.5 Å². The second-order valence-electron chi connectivity index (χ2n) is 3.99. The van der Waals surface area contributed by atoms with E-state index in [2.05, 4.69) is 5.32 Å². The van der Waals surface area contributed by atoms with E-state index < -0.39 is 5.82 Å². The molecule has 0 radical (unpaired) electrons. The van der Waals surface area contributed by atoms with Gasteiger partial charge in [-0.05, 0) is 47.0 Å². The summed E-state index contributed by atoms with van der Waals surface area (Å²) in [7, 11) is 0. The van der Waals surface area contributed by atoms with Crippen molar-refractivity contribution in [3.05, 3.63) is 51.5 Å². The molecule has 0 aliphatic rings. The van der Waals surface area contributed by atoms with Crippen molar-refractivity contribution in [1.29, 1.82) is 0 Å². The standard InChI is InChI=1S/C13H13FN2OS/c1-8-6-18-7-9(8)5-16-13(17)11-3-2-10(14)4-12(11)15/h2-4,6-7H,5,15H2,1H3,(H,16,17). The first-order valence-corrected chi connectivity index (χ1v) is 6.37. The highest BCUT2D eigenvalue weighted by Gasteiger charge is 2.10. The number of anilines is 1. The predicted octanol–water partition coefficient (Wildman–Crippen LogP) is 2.71. The molecule has 0 unspecified atom stereocenters. The third-order valence-corrected chi connectivity index (χ3v) is 3.57. The van der Waals surface area contributed by atoms with Crippen molar-refractivity contribution in [3.8, 4) is 0 Å². The van der Waals surface area contributed by atoms with Gasteiger partial charge in [0, 0.05) is 12.2 Å². The summed E-state index contributed by atoms with van der Waals surface area (Å²) in [4.78, 5) is 11.9. The van der Waals surface area contributed by atoms with Gasteiger partial charge in [-0.3, -0.25) is 4.79 Å². The highest BCUT2D eigenvalue weighted by atomic mass is 32.1. The second-order valence-corrected chi connectivity index (χ2v) is 4.74. The van der Waals surface area contributed by atoms with Crippen molar-refractivity contribution in [3.63, 3.8) is 0 Å². The fourth-order valence-electron chi connectivity index (χ4n) is 1.58. The summed E-state index contributed by atoms with van der Waals surface area (Å²) in [6, 6.07) is 3.76. The van der Waals surface area contributed by atoms with E-state index in [1.165, 1.54) is 12.1 Å². The van der Waals surface area contributed by atoms with E-state index in [0.29, 0.717) is 12.1 Å². The maximum atomic E-state index is 12.9. The maximum absolute atomic E-state index is 12.9. The van der Waals surface area contributed by atoms with Crippen LogP contribution in [-0.4, -0.2) is 5.91 Å². The number of halogens is 1. The van der Waals surface area contributed by atoms with Gasteiger partial charge in [-0.15, -0.1) is 0 Å². The van der Waals surface area contributed by atoms with Gasteiger partial charge in [0.2, 0.25) is 0 Å². The van der Waals surface area contributed by atoms with E-state index in [1.54, 1.807) is 11.3 Å². The van der Waals surface area contributed by atoms with Gasteiger partial charge >= 0.3 is 0 Å². The van der Waals surface area contributed by atoms with Crippen LogP contribution in [0.25, 0.3) is 0 Å². The second kappa shape index (κ2) is 5.18. The van der Waals surface area contributed by atoms with E-state index in [4.69, 9.17) is 5.73 Å². The van der Waals surface area contributed by atoms with E-state index in [9.17, 15) is 9.18 Å². The van der Waals surface area contributed by atoms with Gasteiger partial charge in [-0.2, -0.15) is 11.3 Å². The highest BCUT2D eigenvalue weighted by Crippen LogP contribution is 2.15. The molecule has 0 fully saturated rings. The van der Waals surface area contributed by atoms with Crippen molar-refractivity contribution in [2.75, 3.05) is 5.73 Å². The van der Waals surface area contributed by atoms with Crippen LogP contribution in [0.5, 0.6) is 0 Å². The first-order valence-electron chi connectivity index (χ1n) is 5.43. The molecule has 1 amide bonds. The lowest BCUT2D eigenvalue weighted by Crippen LogP contribution is -2.23. The van der Waals surface area contributed by atoms with Crippen LogP contribution < -0.4 is 11.1 Å². The van der Waals surface area contributed by atoms with Crippen molar-refractivity contribution < 1.29 is 9.18 Å². The normalized spacial score (nSPS) is 10.3. The number of carbonyl (C=O) groups excluding carboxylic acids is 1. The summed E-state index contributed by atoms with van der Waals surface area (Å²) in [5.74, 6) is -0.740. The minimum atomic E-state index is -0.447. The van der Waals surface area contributed by atoms with Crippen LogP contribution in [0.4, 0.5) is 10.1 Å². The summed E-state index contributed by atoms with van der Waals surface area (Å²) in [6.45, 7) is 2.44. The number of carbonyl (C=O) groups is 1. The van der Waals surface area contributed by atoms with Crippen molar-refractivity contribution in [2.24, 2.45) is 0 Å². The molecule has 1 aromatic carbocycles. The third-order valence-electron chi connectivity index (χ3n) is 2.66. The fourth-order valence-corrected chi connectivity index (χ4v) is 2.44. The van der Waals surface area contributed by atoms with Gasteiger partial charge in [-0.1, -0.05) is 0 Å². The number of nitrogen functional groups attached to an aromatic ring is 1. The lowest BCUT2D eigenvalue weighted by Gasteiger charge is -2.07. The number of hydrogen-bond donors (Lipinski definition) is 2. The number of nitrogens with two attached hydrogens (primary N) is 1. The van der Waals surface area contributed by atoms with Crippen LogP contribution in [0, 0.1) is 12.7 Å². The van der Waals surface area contributed by atoms with Gasteiger partial charge in [-0.25, -0.2) is 4.39 Å². The fraction of sp³-hybridized carbons (Fsp3) is 0.154. The SMILES string of the molecule is Cc1cscc1CNC(=O)c1ccc(F)cc1N. The van der Waals surface area contributed by atoms with Gasteiger partial charge in [0.25, 0.3) is 5.91 Å². The molecule has 5 heteroatoms. The molecule has 0 atom stereocenters. The molecule has 2 aromatic rings. The van der Waals surface area contributed by atoms with Crippen LogP contribution in [-0.2, 0) is 6.54 Å². The van der Waals surface area contributed by atoms with E-state index in [0.717, 1.165) is 17.2 Å². The number of benzene rings is 1. The van der Waals surface area contributed by atoms with Crippen molar-refractivity contribution >= 4 is 22.9 Å². The molecule has 94 valence electrons. The molecule has 3 N–H and O–H groups in total. The average molecular weight is 264 g/mol. The zero-order chi connectivity index (χ0) is 13.1. The van der Waals surface area contributed by atoms with E-state index >= 15 is 0 Å². The molecule has 0 bridgehead atoms. The predicted molar refractivity (Wildman–Crippen MR) is 71.0 cm³/mol. The first-order chi connectivity index (χ1) is 8.58. The van der Waals surface area contributed by atoms with Crippen LogP contribution in [0.15, 0.2) is 29.0 Å². The summed E-state index contributed by atoms with van der Waals surface area (Å²) in [5, 5.41) is 6.78. The molecule has 1 heterocycles. The molecule has 3 nitrogen and oxygen atoms in total. The Bertz CT molecular complexity index is 580. The van der Waals surface area contributed by atoms with Crippen LogP contribution in [0.2, 0.25) is 0 Å². The Hall–Kier alpha value is -1.88. The quantitative estimate of drug-likeness (QED) is 0.837. The molecule has 0 saturated carbocycles. The maximum Gasteiger partial charge on any atom is 0.253 e. The lowest BCUT2D eigenvalue weighted by atomic mass is 10.1. The summed E-state index contributed by atoms with van der Waals surface area (Å²) in [6.07, 6.45) is 0. The minimum Gasteiger partial charge on any atom is -0.398 e. The molecular weight excluding hydrogens is 251 g/mol. The van der Waals surface area contributed by atoms with E-state index in [-0.39, 0.29) is 11.6 Å². The number of thiophene rings is 1. The Kier molecular flexibility index (Phi) is 3.62. The summed E-state index contributed by atoms with van der Waals surface area (Å²) in [5.41, 5.74) is 8.27. The lowest BCUT2D eigenvalue weighted by molar-refractivity contribution is 0.0952. The smallest absolute Gasteiger partial charge is 0.253 e. The number of aryl methyl sites for hydroxylation is 1. The van der Waals surface area contributed by atoms with Gasteiger partial charge in [0.15, 0.2) is 0 Å². The van der Waals surface area contributed by atoms with Gasteiger partial charge in [0.1, 0.15) is 5.82 Å². The number of rotatable bonds is 3. The number of hydrogen-bond acceptors (Lipinski definition) is 3. The summed E-state index contributed by atoms with van der Waals surface area (Å²) >= 11 is 1.59. The van der Waals surface area contributed by atoms with Gasteiger partial charge < -0.3 is 11.1 Å². The monoisotopic (exact) mass is 264 g/mol. The molecule has 1 aromatic heterocycles. The number of amides is 1. The number of nitrogens with one attached hydrogen (secondary N) is 1. The molecule has 0 aliphatic carbocycles. The highest BCUT2D eigenvalue weighted by molar-refractivity contribution is 7.08. The third kappa shape index (κ3) is 2.68. The van der Waals surface area contributed by atoms with Crippen molar-refractivity contribution in [1.82, 2.24) is 5.32 Å². The molecular formula is C13H13FN2OS. The molecule has 0 spiro atoms. The zero-order valence-corrected chi connectivity index (χ0v) is 10.7. The Balaban J connectivity index is 2.06. The Morgan fingerprint density at radius 1 is 1.44 bits per heavy atom. The Labute approximate surface area is 108 Å².